The van der Waals surface area contributed by atoms with Gasteiger partial charge in [-0.1, -0.05) is 6.42 Å². The topological polar surface area (TPSA) is 112 Å². The first-order valence-electron chi connectivity index (χ1n) is 11.6. The van der Waals surface area contributed by atoms with Crippen molar-refractivity contribution in [3.63, 3.8) is 0 Å². The Labute approximate surface area is 195 Å². The highest BCUT2D eigenvalue weighted by molar-refractivity contribution is 7.80. The van der Waals surface area contributed by atoms with E-state index in [-0.39, 0.29) is 5.91 Å². The van der Waals surface area contributed by atoms with Crippen LogP contribution in [-0.4, -0.2) is 74.5 Å². The van der Waals surface area contributed by atoms with Gasteiger partial charge in [-0.25, -0.2) is 9.97 Å². The van der Waals surface area contributed by atoms with Gasteiger partial charge in [0.15, 0.2) is 5.11 Å². The van der Waals surface area contributed by atoms with Crippen molar-refractivity contribution in [3.05, 3.63) is 17.5 Å². The van der Waals surface area contributed by atoms with Crippen molar-refractivity contribution in [2.45, 2.75) is 70.4 Å². The summed E-state index contributed by atoms with van der Waals surface area (Å²) in [5.74, 6) is 0.900. The molecule has 0 spiro atoms. The Balaban J connectivity index is 1.52. The lowest BCUT2D eigenvalue weighted by Crippen LogP contribution is -2.64. The first kappa shape index (κ1) is 22.8. The van der Waals surface area contributed by atoms with Gasteiger partial charge in [0.25, 0.3) is 0 Å². The van der Waals surface area contributed by atoms with Crippen LogP contribution >= 0.6 is 12.2 Å². The van der Waals surface area contributed by atoms with Crippen LogP contribution in [0.4, 0.5) is 5.95 Å². The average Bonchev–Trinajstić information content (AvgIpc) is 3.57. The number of rotatable bonds is 4. The summed E-state index contributed by atoms with van der Waals surface area (Å²) >= 11 is 5.48. The van der Waals surface area contributed by atoms with Gasteiger partial charge in [0.1, 0.15) is 5.54 Å². The summed E-state index contributed by atoms with van der Waals surface area (Å²) in [4.78, 5) is 30.7. The second-order valence-electron chi connectivity index (χ2n) is 9.19. The Hall–Kier alpha value is -2.33. The first-order valence-corrected chi connectivity index (χ1v) is 12.0. The molecule has 174 valence electrons. The van der Waals surface area contributed by atoms with Crippen LogP contribution in [0.25, 0.3) is 0 Å². The van der Waals surface area contributed by atoms with E-state index >= 15 is 0 Å². The lowest BCUT2D eigenvalue weighted by atomic mass is 9.83. The molecule has 2 aliphatic heterocycles. The number of piperidine rings is 2. The van der Waals surface area contributed by atoms with Gasteiger partial charge >= 0.3 is 0 Å². The van der Waals surface area contributed by atoms with E-state index in [0.717, 1.165) is 50.2 Å². The van der Waals surface area contributed by atoms with E-state index < -0.39 is 5.54 Å². The number of thiocarbonyl (C=S) groups is 1. The summed E-state index contributed by atoms with van der Waals surface area (Å²) in [6, 6.07) is 2.36. The molecule has 0 unspecified atom stereocenters. The summed E-state index contributed by atoms with van der Waals surface area (Å²) < 4.78 is 0. The number of aryl methyl sites for hydroxylation is 2. The van der Waals surface area contributed by atoms with E-state index in [0.29, 0.717) is 49.0 Å². The van der Waals surface area contributed by atoms with Crippen LogP contribution in [-0.2, 0) is 4.79 Å². The fourth-order valence-electron chi connectivity index (χ4n) is 4.72. The van der Waals surface area contributed by atoms with Crippen molar-refractivity contribution in [1.29, 1.82) is 0 Å². The standard InChI is InChI=1S/C22H34N8OS/c1-15-14-16(2)25-19(24-15)27-20(28-21(32)26-17-6-7-17)29-12-8-22(9-13-29,18(23)31)30-10-4-3-5-11-30/h14,17H,3-13H2,1-2H3,(H2,23,31)(H2,24,25,26,27,28,32). The lowest BCUT2D eigenvalue weighted by molar-refractivity contribution is -0.134. The molecular weight excluding hydrogens is 424 g/mol. The van der Waals surface area contributed by atoms with Gasteiger partial charge in [-0.2, -0.15) is 4.99 Å². The van der Waals surface area contributed by atoms with Crippen molar-refractivity contribution in [3.8, 4) is 0 Å². The molecule has 2 saturated heterocycles. The predicted octanol–water partition coefficient (Wildman–Crippen LogP) is 1.70. The molecule has 1 aromatic rings. The van der Waals surface area contributed by atoms with Crippen molar-refractivity contribution < 1.29 is 4.79 Å². The Bertz CT molecular complexity index is 866. The number of hydrogen-bond donors (Lipinski definition) is 3. The molecule has 9 nitrogen and oxygen atoms in total. The molecule has 4 rings (SSSR count). The predicted molar refractivity (Wildman–Crippen MR) is 129 cm³/mol. The summed E-state index contributed by atoms with van der Waals surface area (Å²) in [5, 5.41) is 7.02. The molecule has 1 amide bonds. The number of nitrogens with two attached hydrogens (primary N) is 1. The zero-order valence-electron chi connectivity index (χ0n) is 19.1. The minimum Gasteiger partial charge on any atom is -0.368 e. The Kier molecular flexibility index (Phi) is 6.90. The number of aromatic nitrogens is 2. The number of anilines is 1. The van der Waals surface area contributed by atoms with Gasteiger partial charge in [0.05, 0.1) is 0 Å². The third-order valence-corrected chi connectivity index (χ3v) is 6.84. The van der Waals surface area contributed by atoms with Gasteiger partial charge in [0, 0.05) is 30.5 Å². The van der Waals surface area contributed by atoms with Crippen LogP contribution < -0.4 is 16.4 Å². The van der Waals surface area contributed by atoms with E-state index in [4.69, 9.17) is 18.0 Å². The average molecular weight is 459 g/mol. The number of amides is 1. The second kappa shape index (κ2) is 9.66. The molecule has 0 aromatic carbocycles. The minimum atomic E-state index is -0.578. The van der Waals surface area contributed by atoms with Crippen LogP contribution in [0.2, 0.25) is 0 Å². The zero-order chi connectivity index (χ0) is 22.7. The second-order valence-corrected chi connectivity index (χ2v) is 9.58. The quantitative estimate of drug-likeness (QED) is 0.355. The van der Waals surface area contributed by atoms with Gasteiger partial charge in [0.2, 0.25) is 17.8 Å². The zero-order valence-corrected chi connectivity index (χ0v) is 19.9. The molecule has 10 heteroatoms. The van der Waals surface area contributed by atoms with E-state index in [1.54, 1.807) is 0 Å². The molecule has 3 aliphatic rings. The molecule has 32 heavy (non-hydrogen) atoms. The highest BCUT2D eigenvalue weighted by Gasteiger charge is 2.45. The van der Waals surface area contributed by atoms with Crippen LogP contribution in [0.3, 0.4) is 0 Å². The molecule has 3 heterocycles. The van der Waals surface area contributed by atoms with Crippen LogP contribution in [0, 0.1) is 13.8 Å². The molecular formula is C22H34N8OS. The maximum absolute atomic E-state index is 12.6. The number of nitrogens with zero attached hydrogens (tertiary/aromatic N) is 5. The summed E-state index contributed by atoms with van der Waals surface area (Å²) in [6.07, 6.45) is 7.05. The SMILES string of the molecule is Cc1cc(C)nc(N/C(=N/C(=S)NC2CC2)N2CCC(C(N)=O)(N3CCCCC3)CC2)n1. The molecule has 1 aliphatic carbocycles. The highest BCUT2D eigenvalue weighted by atomic mass is 32.1. The minimum absolute atomic E-state index is 0.214. The molecule has 1 saturated carbocycles. The maximum atomic E-state index is 12.6. The van der Waals surface area contributed by atoms with E-state index in [1.807, 2.05) is 19.9 Å². The normalized spacial score (nSPS) is 21.8. The Morgan fingerprint density at radius 2 is 1.75 bits per heavy atom. The number of hydrogen-bond acceptors (Lipinski definition) is 5. The van der Waals surface area contributed by atoms with E-state index in [1.165, 1.54) is 6.42 Å². The first-order chi connectivity index (χ1) is 15.4. The highest BCUT2D eigenvalue weighted by Crippen LogP contribution is 2.32. The van der Waals surface area contributed by atoms with Gasteiger partial charge in [-0.15, -0.1) is 0 Å². The van der Waals surface area contributed by atoms with E-state index in [9.17, 15) is 4.79 Å². The number of guanidine groups is 1. The fraction of sp³-hybridized carbons (Fsp3) is 0.682. The number of likely N-dealkylation sites (tertiary alicyclic amines) is 2. The molecule has 0 bridgehead atoms. The lowest BCUT2D eigenvalue weighted by Gasteiger charge is -2.48. The Morgan fingerprint density at radius 3 is 2.31 bits per heavy atom. The van der Waals surface area contributed by atoms with Crippen molar-refractivity contribution >= 4 is 35.1 Å². The molecule has 0 atom stereocenters. The fourth-order valence-corrected chi connectivity index (χ4v) is 4.97. The van der Waals surface area contributed by atoms with Gasteiger partial charge < -0.3 is 16.0 Å². The van der Waals surface area contributed by atoms with Gasteiger partial charge in [-0.3, -0.25) is 15.0 Å². The van der Waals surface area contributed by atoms with Crippen molar-refractivity contribution in [1.82, 2.24) is 25.1 Å². The van der Waals surface area contributed by atoms with Gasteiger partial charge in [-0.05, 0) is 83.7 Å². The molecule has 4 N–H and O–H groups in total. The summed E-state index contributed by atoms with van der Waals surface area (Å²) in [7, 11) is 0. The number of aliphatic imine (C=N–C) groups is 1. The third-order valence-electron chi connectivity index (χ3n) is 6.63. The number of carbonyl (C=O) groups is 1. The number of carbonyl (C=O) groups excluding carboxylic acids is 1. The Morgan fingerprint density at radius 1 is 1.12 bits per heavy atom. The number of primary amides is 1. The van der Waals surface area contributed by atoms with Crippen LogP contribution in [0.1, 0.15) is 56.3 Å². The summed E-state index contributed by atoms with van der Waals surface area (Å²) in [5.41, 5.74) is 7.15. The molecule has 3 fully saturated rings. The van der Waals surface area contributed by atoms with Crippen LogP contribution in [0.15, 0.2) is 11.1 Å². The molecule has 0 radical (unpaired) electrons. The van der Waals surface area contributed by atoms with Crippen molar-refractivity contribution in [2.75, 3.05) is 31.5 Å². The van der Waals surface area contributed by atoms with Crippen LogP contribution in [0.5, 0.6) is 0 Å². The largest absolute Gasteiger partial charge is 0.368 e. The third kappa shape index (κ3) is 5.35. The smallest absolute Gasteiger partial charge is 0.238 e. The maximum Gasteiger partial charge on any atom is 0.238 e. The van der Waals surface area contributed by atoms with E-state index in [2.05, 4.69) is 35.4 Å². The van der Waals surface area contributed by atoms with Crippen molar-refractivity contribution in [2.24, 2.45) is 10.7 Å². The summed E-state index contributed by atoms with van der Waals surface area (Å²) in [6.45, 7) is 7.07. The number of nitrogens with one attached hydrogen (secondary N) is 2. The monoisotopic (exact) mass is 458 g/mol. The molecule has 1 aromatic heterocycles.